The van der Waals surface area contributed by atoms with Gasteiger partial charge in [-0.1, -0.05) is 6.92 Å². The highest BCUT2D eigenvalue weighted by Crippen LogP contribution is 2.27. The Bertz CT molecular complexity index is 538. The van der Waals surface area contributed by atoms with Crippen molar-refractivity contribution >= 4 is 28.3 Å². The van der Waals surface area contributed by atoms with E-state index < -0.39 is 15.7 Å². The minimum absolute atomic E-state index is 0.147. The first-order chi connectivity index (χ1) is 9.85. The number of hydrogen-bond acceptors (Lipinski definition) is 7. The summed E-state index contributed by atoms with van der Waals surface area (Å²) in [5.74, 6) is 0.897. The lowest BCUT2D eigenvalue weighted by atomic mass is 10.3. The summed E-state index contributed by atoms with van der Waals surface area (Å²) in [6, 6.07) is -0.192. The van der Waals surface area contributed by atoms with Gasteiger partial charge in [0.2, 0.25) is 11.8 Å². The van der Waals surface area contributed by atoms with Crippen LogP contribution in [0.2, 0.25) is 0 Å². The van der Waals surface area contributed by atoms with Crippen LogP contribution in [-0.4, -0.2) is 43.7 Å². The first-order valence-corrected chi connectivity index (χ1v) is 8.41. The zero-order valence-electron chi connectivity index (χ0n) is 12.7. The second-order valence-electron chi connectivity index (χ2n) is 4.80. The Kier molecular flexibility index (Phi) is 6.47. The standard InChI is InChI=1S/C12H21N5O3S/c1-5-6-13-12-15-9(3)10(17(18)19)11(16-12)14-8(2)7-21(4)20/h8H,5-7H2,1-4H3,(H2,13,14,15,16). The average Bonchev–Trinajstić information content (AvgIpc) is 2.34. The highest BCUT2D eigenvalue weighted by Gasteiger charge is 2.23. The van der Waals surface area contributed by atoms with Crippen LogP contribution in [0.25, 0.3) is 0 Å². The summed E-state index contributed by atoms with van der Waals surface area (Å²) in [4.78, 5) is 18.9. The number of aromatic nitrogens is 2. The minimum Gasteiger partial charge on any atom is -0.361 e. The molecule has 0 saturated heterocycles. The van der Waals surface area contributed by atoms with Crippen molar-refractivity contribution in [3.8, 4) is 0 Å². The van der Waals surface area contributed by atoms with E-state index in [0.717, 1.165) is 6.42 Å². The van der Waals surface area contributed by atoms with E-state index in [2.05, 4.69) is 20.6 Å². The number of nitro groups is 1. The first-order valence-electron chi connectivity index (χ1n) is 6.68. The van der Waals surface area contributed by atoms with Gasteiger partial charge in [0.25, 0.3) is 0 Å². The predicted octanol–water partition coefficient (Wildman–Crippen LogP) is 1.69. The Hall–Kier alpha value is -1.77. The van der Waals surface area contributed by atoms with Crippen molar-refractivity contribution in [2.75, 3.05) is 29.2 Å². The Morgan fingerprint density at radius 1 is 1.43 bits per heavy atom. The molecule has 1 rings (SSSR count). The first kappa shape index (κ1) is 17.3. The number of nitrogens with zero attached hydrogens (tertiary/aromatic N) is 3. The molecule has 118 valence electrons. The van der Waals surface area contributed by atoms with E-state index in [1.807, 2.05) is 13.8 Å². The number of aryl methyl sites for hydroxylation is 1. The fourth-order valence-corrected chi connectivity index (χ4v) is 2.62. The van der Waals surface area contributed by atoms with Crippen molar-refractivity contribution in [1.82, 2.24) is 9.97 Å². The Labute approximate surface area is 126 Å². The van der Waals surface area contributed by atoms with Crippen molar-refractivity contribution in [1.29, 1.82) is 0 Å². The van der Waals surface area contributed by atoms with Gasteiger partial charge < -0.3 is 10.6 Å². The molecule has 2 N–H and O–H groups in total. The fraction of sp³-hybridized carbons (Fsp3) is 0.667. The normalized spacial score (nSPS) is 13.5. The zero-order chi connectivity index (χ0) is 16.0. The van der Waals surface area contributed by atoms with Crippen LogP contribution in [0.15, 0.2) is 0 Å². The van der Waals surface area contributed by atoms with Gasteiger partial charge in [-0.15, -0.1) is 0 Å². The number of rotatable bonds is 8. The van der Waals surface area contributed by atoms with Gasteiger partial charge in [-0.05, 0) is 20.3 Å². The second-order valence-corrected chi connectivity index (χ2v) is 6.28. The maximum atomic E-state index is 11.2. The summed E-state index contributed by atoms with van der Waals surface area (Å²) in [6.45, 7) is 6.07. The third-order valence-corrected chi connectivity index (χ3v) is 3.61. The van der Waals surface area contributed by atoms with Gasteiger partial charge in [0.15, 0.2) is 0 Å². The van der Waals surface area contributed by atoms with Crippen molar-refractivity contribution in [3.63, 3.8) is 0 Å². The van der Waals surface area contributed by atoms with E-state index in [4.69, 9.17) is 0 Å². The largest absolute Gasteiger partial charge is 0.361 e. The van der Waals surface area contributed by atoms with Crippen molar-refractivity contribution < 1.29 is 9.13 Å². The fourth-order valence-electron chi connectivity index (χ4n) is 1.83. The molecule has 0 fully saturated rings. The molecule has 0 aliphatic heterocycles. The molecule has 2 atom stereocenters. The van der Waals surface area contributed by atoms with Crippen molar-refractivity contribution in [2.45, 2.75) is 33.2 Å². The highest BCUT2D eigenvalue weighted by atomic mass is 32.2. The summed E-state index contributed by atoms with van der Waals surface area (Å²) in [7, 11) is -0.994. The highest BCUT2D eigenvalue weighted by molar-refractivity contribution is 7.84. The molecule has 0 amide bonds. The van der Waals surface area contributed by atoms with E-state index in [0.29, 0.717) is 23.9 Å². The van der Waals surface area contributed by atoms with Gasteiger partial charge in [0, 0.05) is 35.4 Å². The van der Waals surface area contributed by atoms with Crippen LogP contribution >= 0.6 is 0 Å². The second kappa shape index (κ2) is 7.87. The van der Waals surface area contributed by atoms with Gasteiger partial charge in [0.05, 0.1) is 4.92 Å². The zero-order valence-corrected chi connectivity index (χ0v) is 13.5. The molecule has 0 radical (unpaired) electrons. The van der Waals surface area contributed by atoms with Crippen LogP contribution in [0.3, 0.4) is 0 Å². The molecule has 21 heavy (non-hydrogen) atoms. The van der Waals surface area contributed by atoms with E-state index >= 15 is 0 Å². The molecule has 0 aliphatic carbocycles. The predicted molar refractivity (Wildman–Crippen MR) is 84.2 cm³/mol. The molecule has 0 spiro atoms. The van der Waals surface area contributed by atoms with Gasteiger partial charge in [-0.2, -0.15) is 4.98 Å². The van der Waals surface area contributed by atoms with Gasteiger partial charge in [-0.25, -0.2) is 4.98 Å². The summed E-state index contributed by atoms with van der Waals surface area (Å²) < 4.78 is 11.2. The van der Waals surface area contributed by atoms with E-state index in [1.165, 1.54) is 0 Å². The number of hydrogen-bond donors (Lipinski definition) is 2. The van der Waals surface area contributed by atoms with Gasteiger partial charge >= 0.3 is 5.69 Å². The molecule has 9 heteroatoms. The van der Waals surface area contributed by atoms with E-state index in [-0.39, 0.29) is 17.5 Å². The Morgan fingerprint density at radius 3 is 2.62 bits per heavy atom. The van der Waals surface area contributed by atoms with Crippen molar-refractivity contribution in [2.24, 2.45) is 0 Å². The third kappa shape index (κ3) is 5.25. The quantitative estimate of drug-likeness (QED) is 0.555. The molecule has 0 saturated carbocycles. The summed E-state index contributed by atoms with van der Waals surface area (Å²) >= 11 is 0. The number of anilines is 2. The van der Waals surface area contributed by atoms with E-state index in [9.17, 15) is 14.3 Å². The lowest BCUT2D eigenvalue weighted by Crippen LogP contribution is -2.24. The van der Waals surface area contributed by atoms with Gasteiger partial charge in [-0.3, -0.25) is 14.3 Å². The summed E-state index contributed by atoms with van der Waals surface area (Å²) in [6.07, 6.45) is 2.49. The van der Waals surface area contributed by atoms with Crippen LogP contribution in [0.4, 0.5) is 17.5 Å². The molecule has 2 unspecified atom stereocenters. The van der Waals surface area contributed by atoms with Crippen molar-refractivity contribution in [3.05, 3.63) is 15.8 Å². The molecule has 1 heterocycles. The summed E-state index contributed by atoms with van der Waals surface area (Å²) in [5.41, 5.74) is 0.145. The topological polar surface area (TPSA) is 110 Å². The maximum Gasteiger partial charge on any atom is 0.332 e. The van der Waals surface area contributed by atoms with Gasteiger partial charge in [0.1, 0.15) is 5.69 Å². The monoisotopic (exact) mass is 315 g/mol. The molecular formula is C12H21N5O3S. The van der Waals surface area contributed by atoms with Crippen LogP contribution in [0, 0.1) is 17.0 Å². The van der Waals surface area contributed by atoms with Crippen LogP contribution in [0.1, 0.15) is 26.0 Å². The third-order valence-electron chi connectivity index (χ3n) is 2.64. The molecular weight excluding hydrogens is 294 g/mol. The molecule has 8 nitrogen and oxygen atoms in total. The maximum absolute atomic E-state index is 11.2. The SMILES string of the molecule is CCCNc1nc(C)c([N+](=O)[O-])c(NC(C)CS(C)=O)n1. The van der Waals surface area contributed by atoms with Crippen LogP contribution in [0.5, 0.6) is 0 Å². The lowest BCUT2D eigenvalue weighted by molar-refractivity contribution is -0.385. The molecule has 0 bridgehead atoms. The lowest BCUT2D eigenvalue weighted by Gasteiger charge is -2.15. The Balaban J connectivity index is 3.09. The van der Waals surface area contributed by atoms with Crippen LogP contribution < -0.4 is 10.6 Å². The molecule has 1 aromatic heterocycles. The summed E-state index contributed by atoms with van der Waals surface area (Å²) in [5, 5.41) is 17.1. The van der Waals surface area contributed by atoms with Crippen LogP contribution in [-0.2, 0) is 10.8 Å². The average molecular weight is 315 g/mol. The number of nitrogens with one attached hydrogen (secondary N) is 2. The Morgan fingerprint density at radius 2 is 2.10 bits per heavy atom. The molecule has 0 aliphatic rings. The van der Waals surface area contributed by atoms with E-state index in [1.54, 1.807) is 13.2 Å². The minimum atomic E-state index is -0.994. The molecule has 0 aromatic carbocycles. The molecule has 1 aromatic rings. The smallest absolute Gasteiger partial charge is 0.332 e.